The number of anilines is 1. The van der Waals surface area contributed by atoms with E-state index in [0.717, 1.165) is 15.6 Å². The first kappa shape index (κ1) is 22.9. The van der Waals surface area contributed by atoms with Crippen LogP contribution in [0.3, 0.4) is 0 Å². The standard InChI is InChI=1S/C25H20ClN3O2S2/c1-29(15-16-9-3-2-4-10-16)24(31)17-11-5-7-13-19(17)27-25(32)28-23(30)22-21(26)18-12-6-8-14-20(18)33-22/h2-14H,15H2,1H3,(H2,27,28,30,32). The van der Waals surface area contributed by atoms with Crippen LogP contribution in [0.25, 0.3) is 10.1 Å². The van der Waals surface area contributed by atoms with Crippen molar-refractivity contribution < 1.29 is 9.59 Å². The Balaban J connectivity index is 1.46. The van der Waals surface area contributed by atoms with Crippen LogP contribution in [-0.4, -0.2) is 28.9 Å². The van der Waals surface area contributed by atoms with Crippen molar-refractivity contribution in [3.63, 3.8) is 0 Å². The van der Waals surface area contributed by atoms with Crippen molar-refractivity contribution in [3.8, 4) is 0 Å². The molecule has 0 aliphatic rings. The minimum Gasteiger partial charge on any atom is -0.337 e. The molecule has 1 aromatic heterocycles. The van der Waals surface area contributed by atoms with Crippen molar-refractivity contribution in [3.05, 3.63) is 99.9 Å². The number of nitrogens with zero attached hydrogens (tertiary/aromatic N) is 1. The fourth-order valence-electron chi connectivity index (χ4n) is 3.39. The van der Waals surface area contributed by atoms with Gasteiger partial charge in [0, 0.05) is 23.7 Å². The number of thiocarbonyl (C=S) groups is 1. The molecule has 0 fully saturated rings. The van der Waals surface area contributed by atoms with E-state index < -0.39 is 5.91 Å². The van der Waals surface area contributed by atoms with Gasteiger partial charge in [-0.25, -0.2) is 0 Å². The van der Waals surface area contributed by atoms with Gasteiger partial charge in [-0.2, -0.15) is 0 Å². The lowest BCUT2D eigenvalue weighted by Crippen LogP contribution is -2.35. The second-order valence-corrected chi connectivity index (χ2v) is 9.18. The third-order valence-electron chi connectivity index (χ3n) is 4.98. The van der Waals surface area contributed by atoms with Gasteiger partial charge in [-0.05, 0) is 36.0 Å². The fraction of sp³-hybridized carbons (Fsp3) is 0.0800. The summed E-state index contributed by atoms with van der Waals surface area (Å²) in [6, 6.07) is 24.3. The first-order valence-electron chi connectivity index (χ1n) is 10.1. The maximum atomic E-state index is 13.1. The van der Waals surface area contributed by atoms with E-state index >= 15 is 0 Å². The van der Waals surface area contributed by atoms with Crippen LogP contribution in [0.5, 0.6) is 0 Å². The highest BCUT2D eigenvalue weighted by atomic mass is 35.5. The lowest BCUT2D eigenvalue weighted by atomic mass is 10.1. The molecule has 0 atom stereocenters. The molecule has 5 nitrogen and oxygen atoms in total. The van der Waals surface area contributed by atoms with Gasteiger partial charge in [-0.15, -0.1) is 11.3 Å². The number of rotatable bonds is 5. The van der Waals surface area contributed by atoms with Gasteiger partial charge in [-0.3, -0.25) is 14.9 Å². The second kappa shape index (κ2) is 10.1. The Labute approximate surface area is 206 Å². The zero-order valence-corrected chi connectivity index (χ0v) is 20.1. The topological polar surface area (TPSA) is 61.4 Å². The molecule has 2 amide bonds. The van der Waals surface area contributed by atoms with Crippen molar-refractivity contribution in [2.75, 3.05) is 12.4 Å². The molecule has 166 valence electrons. The molecule has 0 radical (unpaired) electrons. The van der Waals surface area contributed by atoms with Crippen LogP contribution in [0.1, 0.15) is 25.6 Å². The summed E-state index contributed by atoms with van der Waals surface area (Å²) in [6.07, 6.45) is 0. The first-order valence-corrected chi connectivity index (χ1v) is 11.7. The summed E-state index contributed by atoms with van der Waals surface area (Å²) < 4.78 is 0.920. The molecule has 2 N–H and O–H groups in total. The second-order valence-electron chi connectivity index (χ2n) is 7.34. The Kier molecular flexibility index (Phi) is 7.03. The molecule has 0 bridgehead atoms. The lowest BCUT2D eigenvalue weighted by Gasteiger charge is -2.20. The van der Waals surface area contributed by atoms with Crippen LogP contribution in [0.2, 0.25) is 5.02 Å². The molecule has 0 saturated carbocycles. The van der Waals surface area contributed by atoms with Crippen molar-refractivity contribution >= 4 is 67.9 Å². The molecule has 0 spiro atoms. The van der Waals surface area contributed by atoms with E-state index in [0.29, 0.717) is 27.7 Å². The Morgan fingerprint density at radius 3 is 2.39 bits per heavy atom. The van der Waals surface area contributed by atoms with E-state index in [1.807, 2.05) is 54.6 Å². The van der Waals surface area contributed by atoms with Crippen LogP contribution in [0.15, 0.2) is 78.9 Å². The fourth-order valence-corrected chi connectivity index (χ4v) is 5.00. The number of halogens is 1. The minimum absolute atomic E-state index is 0.0829. The largest absolute Gasteiger partial charge is 0.337 e. The quantitative estimate of drug-likeness (QED) is 0.337. The normalized spacial score (nSPS) is 10.6. The summed E-state index contributed by atoms with van der Waals surface area (Å²) in [6.45, 7) is 0.472. The van der Waals surface area contributed by atoms with Crippen LogP contribution in [0, 0.1) is 0 Å². The highest BCUT2D eigenvalue weighted by molar-refractivity contribution is 7.80. The lowest BCUT2D eigenvalue weighted by molar-refractivity contribution is 0.0786. The Hall–Kier alpha value is -3.26. The molecular weight excluding hydrogens is 474 g/mol. The van der Waals surface area contributed by atoms with E-state index in [9.17, 15) is 9.59 Å². The summed E-state index contributed by atoms with van der Waals surface area (Å²) in [5, 5.41) is 6.95. The molecule has 1 heterocycles. The summed E-state index contributed by atoms with van der Waals surface area (Å²) in [5.74, 6) is -0.563. The smallest absolute Gasteiger partial charge is 0.269 e. The Morgan fingerprint density at radius 1 is 0.970 bits per heavy atom. The van der Waals surface area contributed by atoms with Gasteiger partial charge in [0.05, 0.1) is 16.3 Å². The van der Waals surface area contributed by atoms with E-state index in [1.54, 1.807) is 36.2 Å². The van der Waals surface area contributed by atoms with Gasteiger partial charge in [0.15, 0.2) is 5.11 Å². The molecule has 0 saturated heterocycles. The van der Waals surface area contributed by atoms with Crippen LogP contribution in [0.4, 0.5) is 5.69 Å². The number of para-hydroxylation sites is 1. The molecule has 8 heteroatoms. The molecule has 0 aliphatic carbocycles. The summed E-state index contributed by atoms with van der Waals surface area (Å²) in [4.78, 5) is 27.9. The number of amides is 2. The number of benzene rings is 3. The maximum absolute atomic E-state index is 13.1. The van der Waals surface area contributed by atoms with Crippen LogP contribution < -0.4 is 10.6 Å². The van der Waals surface area contributed by atoms with Gasteiger partial charge in [0.1, 0.15) is 4.88 Å². The van der Waals surface area contributed by atoms with E-state index in [2.05, 4.69) is 10.6 Å². The van der Waals surface area contributed by atoms with Gasteiger partial charge >= 0.3 is 0 Å². The van der Waals surface area contributed by atoms with E-state index in [-0.39, 0.29) is 11.0 Å². The predicted molar refractivity (Wildman–Crippen MR) is 139 cm³/mol. The van der Waals surface area contributed by atoms with Crippen LogP contribution >= 0.6 is 35.2 Å². The molecule has 3 aromatic carbocycles. The number of nitrogens with one attached hydrogen (secondary N) is 2. The van der Waals surface area contributed by atoms with Crippen LogP contribution in [-0.2, 0) is 6.54 Å². The van der Waals surface area contributed by atoms with Crippen molar-refractivity contribution in [2.24, 2.45) is 0 Å². The zero-order chi connectivity index (χ0) is 23.4. The molecule has 0 aliphatic heterocycles. The van der Waals surface area contributed by atoms with Crippen molar-refractivity contribution in [1.29, 1.82) is 0 Å². The SMILES string of the molecule is CN(Cc1ccccc1)C(=O)c1ccccc1NC(=S)NC(=O)c1sc2ccccc2c1Cl. The number of fused-ring (bicyclic) bond motifs is 1. The number of thiophene rings is 1. The Bertz CT molecular complexity index is 1340. The minimum atomic E-state index is -0.399. The molecule has 4 aromatic rings. The Morgan fingerprint density at radius 2 is 1.64 bits per heavy atom. The van der Waals surface area contributed by atoms with Gasteiger partial charge in [0.25, 0.3) is 11.8 Å². The van der Waals surface area contributed by atoms with Gasteiger partial charge < -0.3 is 10.2 Å². The summed E-state index contributed by atoms with van der Waals surface area (Å²) in [5.41, 5.74) is 1.99. The molecule has 33 heavy (non-hydrogen) atoms. The first-order chi connectivity index (χ1) is 15.9. The number of carbonyl (C=O) groups is 2. The average molecular weight is 494 g/mol. The van der Waals surface area contributed by atoms with Gasteiger partial charge in [-0.1, -0.05) is 72.3 Å². The van der Waals surface area contributed by atoms with E-state index in [1.165, 1.54) is 11.3 Å². The summed E-state index contributed by atoms with van der Waals surface area (Å²) >= 11 is 13.0. The monoisotopic (exact) mass is 493 g/mol. The molecular formula is C25H20ClN3O2S2. The number of hydrogen-bond donors (Lipinski definition) is 2. The number of hydrogen-bond acceptors (Lipinski definition) is 4. The predicted octanol–water partition coefficient (Wildman–Crippen LogP) is 5.95. The van der Waals surface area contributed by atoms with Gasteiger partial charge in [0.2, 0.25) is 0 Å². The highest BCUT2D eigenvalue weighted by Crippen LogP contribution is 2.35. The molecule has 4 rings (SSSR count). The van der Waals surface area contributed by atoms with Crippen molar-refractivity contribution in [1.82, 2.24) is 10.2 Å². The molecule has 0 unspecified atom stereocenters. The maximum Gasteiger partial charge on any atom is 0.269 e. The highest BCUT2D eigenvalue weighted by Gasteiger charge is 2.20. The third kappa shape index (κ3) is 5.22. The summed E-state index contributed by atoms with van der Waals surface area (Å²) in [7, 11) is 1.75. The third-order valence-corrected chi connectivity index (χ3v) is 6.86. The van der Waals surface area contributed by atoms with E-state index in [4.69, 9.17) is 23.8 Å². The number of carbonyl (C=O) groups excluding carboxylic acids is 2. The average Bonchev–Trinajstić information content (AvgIpc) is 3.16. The van der Waals surface area contributed by atoms with Crippen molar-refractivity contribution in [2.45, 2.75) is 6.54 Å². The zero-order valence-electron chi connectivity index (χ0n) is 17.7.